The molecule has 2 aromatic carbocycles. The van der Waals surface area contributed by atoms with Crippen molar-refractivity contribution in [2.75, 3.05) is 6.54 Å². The summed E-state index contributed by atoms with van der Waals surface area (Å²) in [6, 6.07) is 11.4. The maximum Gasteiger partial charge on any atom is 0.212 e. The third-order valence-corrected chi connectivity index (χ3v) is 5.79. The first-order chi connectivity index (χ1) is 13.0. The summed E-state index contributed by atoms with van der Waals surface area (Å²) in [6.07, 6.45) is 0. The van der Waals surface area contributed by atoms with Crippen LogP contribution < -0.4 is 0 Å². The van der Waals surface area contributed by atoms with Gasteiger partial charge in [-0.15, -0.1) is 11.3 Å². The Balaban J connectivity index is 1.79. The van der Waals surface area contributed by atoms with Gasteiger partial charge in [-0.2, -0.15) is 0 Å². The summed E-state index contributed by atoms with van der Waals surface area (Å²) in [6.45, 7) is 4.02. The Morgan fingerprint density at radius 1 is 1.07 bits per heavy atom. The molecule has 3 nitrogen and oxygen atoms in total. The minimum atomic E-state index is -0.402. The molecule has 0 saturated carbocycles. The van der Waals surface area contributed by atoms with Crippen LogP contribution in [0.2, 0.25) is 0 Å². The standard InChI is InChI=1S/C22H16FNO2S/c1-12-3-4-15(9-13(12)2)17-11-27-22-19(17)18(25)10-24-20(22)21(26)14-5-7-16(23)8-6-14/h3-9,11H,10H2,1-2H3. The summed E-state index contributed by atoms with van der Waals surface area (Å²) >= 11 is 1.35. The first-order valence-corrected chi connectivity index (χ1v) is 9.41. The van der Waals surface area contributed by atoms with E-state index in [4.69, 9.17) is 0 Å². The summed E-state index contributed by atoms with van der Waals surface area (Å²) in [5, 5.41) is 1.91. The number of ketones is 2. The lowest BCUT2D eigenvalue weighted by atomic mass is 9.93. The van der Waals surface area contributed by atoms with Crippen LogP contribution in [0.4, 0.5) is 4.39 Å². The molecule has 0 unspecified atom stereocenters. The fourth-order valence-electron chi connectivity index (χ4n) is 3.15. The molecular formula is C22H16FNO2S. The highest BCUT2D eigenvalue weighted by atomic mass is 32.1. The van der Waals surface area contributed by atoms with Crippen LogP contribution in [0.15, 0.2) is 52.8 Å². The van der Waals surface area contributed by atoms with Gasteiger partial charge in [0.2, 0.25) is 5.78 Å². The van der Waals surface area contributed by atoms with Crippen molar-refractivity contribution in [1.29, 1.82) is 0 Å². The molecule has 0 saturated heterocycles. The molecule has 0 bridgehead atoms. The van der Waals surface area contributed by atoms with Gasteiger partial charge in [0.25, 0.3) is 0 Å². The van der Waals surface area contributed by atoms with Crippen molar-refractivity contribution in [3.63, 3.8) is 0 Å². The van der Waals surface area contributed by atoms with Crippen LogP contribution in [0.5, 0.6) is 0 Å². The quantitative estimate of drug-likeness (QED) is 0.601. The van der Waals surface area contributed by atoms with Crippen molar-refractivity contribution in [2.45, 2.75) is 13.8 Å². The maximum atomic E-state index is 13.2. The van der Waals surface area contributed by atoms with Crippen LogP contribution in [-0.4, -0.2) is 23.8 Å². The van der Waals surface area contributed by atoms with Crippen molar-refractivity contribution >= 4 is 28.6 Å². The van der Waals surface area contributed by atoms with Gasteiger partial charge in [-0.05, 0) is 54.8 Å². The minimum absolute atomic E-state index is 0.0517. The summed E-state index contributed by atoms with van der Waals surface area (Å²) in [4.78, 5) is 30.3. The van der Waals surface area contributed by atoms with E-state index in [2.05, 4.69) is 11.1 Å². The van der Waals surface area contributed by atoms with Gasteiger partial charge in [0.1, 0.15) is 18.1 Å². The lowest BCUT2D eigenvalue weighted by molar-refractivity contribution is 0.100. The molecule has 1 aliphatic rings. The van der Waals surface area contributed by atoms with Crippen molar-refractivity contribution in [3.8, 4) is 11.1 Å². The van der Waals surface area contributed by atoms with Gasteiger partial charge < -0.3 is 0 Å². The van der Waals surface area contributed by atoms with Crippen molar-refractivity contribution in [1.82, 2.24) is 0 Å². The Labute approximate surface area is 160 Å². The van der Waals surface area contributed by atoms with Crippen molar-refractivity contribution in [3.05, 3.63) is 80.8 Å². The highest BCUT2D eigenvalue weighted by molar-refractivity contribution is 7.14. The molecule has 5 heteroatoms. The molecule has 0 spiro atoms. The molecule has 2 heterocycles. The number of carbonyl (C=O) groups is 2. The molecule has 0 fully saturated rings. The lowest BCUT2D eigenvalue weighted by Gasteiger charge is -2.13. The van der Waals surface area contributed by atoms with E-state index in [-0.39, 0.29) is 23.8 Å². The number of benzene rings is 2. The number of aliphatic imine (C=N–C) groups is 1. The Morgan fingerprint density at radius 3 is 2.52 bits per heavy atom. The van der Waals surface area contributed by atoms with Crippen molar-refractivity contribution < 1.29 is 14.0 Å². The minimum Gasteiger partial charge on any atom is -0.292 e. The fraction of sp³-hybridized carbons (Fsp3) is 0.136. The number of carbonyl (C=O) groups excluding carboxylic acids is 2. The van der Waals surface area contributed by atoms with Gasteiger partial charge in [-0.25, -0.2) is 4.39 Å². The summed E-state index contributed by atoms with van der Waals surface area (Å²) in [5.74, 6) is -0.784. The third-order valence-electron chi connectivity index (χ3n) is 4.81. The van der Waals surface area contributed by atoms with Gasteiger partial charge in [-0.1, -0.05) is 18.2 Å². The fourth-order valence-corrected chi connectivity index (χ4v) is 4.25. The Hall–Kier alpha value is -2.92. The number of hydrogen-bond donors (Lipinski definition) is 0. The van der Waals surface area contributed by atoms with E-state index in [0.29, 0.717) is 16.0 Å². The largest absolute Gasteiger partial charge is 0.292 e. The highest BCUT2D eigenvalue weighted by Gasteiger charge is 2.30. The normalized spacial score (nSPS) is 13.3. The van der Waals surface area contributed by atoms with Crippen LogP contribution in [-0.2, 0) is 0 Å². The van der Waals surface area contributed by atoms with Gasteiger partial charge in [0.05, 0.1) is 4.88 Å². The number of thiophene rings is 1. The Morgan fingerprint density at radius 2 is 1.81 bits per heavy atom. The number of hydrogen-bond acceptors (Lipinski definition) is 4. The number of fused-ring (bicyclic) bond motifs is 1. The van der Waals surface area contributed by atoms with E-state index in [1.807, 2.05) is 31.4 Å². The molecule has 0 aliphatic carbocycles. The second-order valence-electron chi connectivity index (χ2n) is 6.58. The average molecular weight is 377 g/mol. The average Bonchev–Trinajstić information content (AvgIpc) is 3.10. The van der Waals surface area contributed by atoms with E-state index in [9.17, 15) is 14.0 Å². The lowest BCUT2D eigenvalue weighted by Crippen LogP contribution is -2.24. The summed E-state index contributed by atoms with van der Waals surface area (Å²) in [5.41, 5.74) is 5.31. The Bertz CT molecular complexity index is 1110. The number of aryl methyl sites for hydroxylation is 2. The second-order valence-corrected chi connectivity index (χ2v) is 7.46. The molecule has 0 atom stereocenters. The molecule has 27 heavy (non-hydrogen) atoms. The predicted molar refractivity (Wildman–Crippen MR) is 106 cm³/mol. The zero-order chi connectivity index (χ0) is 19.1. The van der Waals surface area contributed by atoms with Gasteiger partial charge in [-0.3, -0.25) is 14.6 Å². The third kappa shape index (κ3) is 3.04. The SMILES string of the molecule is Cc1ccc(-c2csc3c2C(=O)CN=C3C(=O)c2ccc(F)cc2)cc1C. The van der Waals surface area contributed by atoms with Gasteiger partial charge >= 0.3 is 0 Å². The predicted octanol–water partition coefficient (Wildman–Crippen LogP) is 5.04. The molecule has 0 N–H and O–H groups in total. The molecule has 0 amide bonds. The zero-order valence-corrected chi connectivity index (χ0v) is 15.7. The molecule has 1 aromatic heterocycles. The first-order valence-electron chi connectivity index (χ1n) is 8.53. The molecule has 4 rings (SSSR count). The molecule has 1 aliphatic heterocycles. The maximum absolute atomic E-state index is 13.2. The van der Waals surface area contributed by atoms with Crippen LogP contribution >= 0.6 is 11.3 Å². The second kappa shape index (κ2) is 6.67. The smallest absolute Gasteiger partial charge is 0.212 e. The van der Waals surface area contributed by atoms with Crippen LogP contribution in [0.1, 0.15) is 36.7 Å². The van der Waals surface area contributed by atoms with Gasteiger partial charge in [0, 0.05) is 22.1 Å². The van der Waals surface area contributed by atoms with Crippen molar-refractivity contribution in [2.24, 2.45) is 4.99 Å². The van der Waals surface area contributed by atoms with E-state index >= 15 is 0 Å². The number of rotatable bonds is 3. The van der Waals surface area contributed by atoms with E-state index in [1.165, 1.54) is 41.2 Å². The monoisotopic (exact) mass is 377 g/mol. The number of halogens is 1. The highest BCUT2D eigenvalue weighted by Crippen LogP contribution is 2.35. The van der Waals surface area contributed by atoms with E-state index in [1.54, 1.807) is 0 Å². The summed E-state index contributed by atoms with van der Waals surface area (Å²) < 4.78 is 13.2. The Kier molecular flexibility index (Phi) is 4.32. The number of nitrogens with zero attached hydrogens (tertiary/aromatic N) is 1. The molecule has 3 aromatic rings. The summed E-state index contributed by atoms with van der Waals surface area (Å²) in [7, 11) is 0. The topological polar surface area (TPSA) is 46.5 Å². The van der Waals surface area contributed by atoms with Crippen LogP contribution in [0.3, 0.4) is 0 Å². The first kappa shape index (κ1) is 17.5. The van der Waals surface area contributed by atoms with Gasteiger partial charge in [0.15, 0.2) is 5.78 Å². The van der Waals surface area contributed by atoms with Crippen LogP contribution in [0.25, 0.3) is 11.1 Å². The zero-order valence-electron chi connectivity index (χ0n) is 14.9. The van der Waals surface area contributed by atoms with E-state index in [0.717, 1.165) is 16.7 Å². The molecule has 134 valence electrons. The van der Waals surface area contributed by atoms with Crippen LogP contribution in [0, 0.1) is 19.7 Å². The molecule has 0 radical (unpaired) electrons. The van der Waals surface area contributed by atoms with E-state index < -0.39 is 5.82 Å². The number of Topliss-reactive ketones (excluding diaryl/α,β-unsaturated/α-hetero) is 2. The molecular weight excluding hydrogens is 361 g/mol.